The molecule has 0 fully saturated rings. The average Bonchev–Trinajstić information content (AvgIpc) is 2.71. The Bertz CT molecular complexity index is 1010. The molecule has 1 aromatic heterocycles. The van der Waals surface area contributed by atoms with Gasteiger partial charge in [0.2, 0.25) is 0 Å². The van der Waals surface area contributed by atoms with Crippen LogP contribution in [0.5, 0.6) is 6.01 Å². The topological polar surface area (TPSA) is 84.3 Å². The maximum Gasteiger partial charge on any atom is 0.335 e. The lowest BCUT2D eigenvalue weighted by atomic mass is 10.1. The standard InChI is InChI=1S/C20H17Cl2N3O3/c1-28-20-24-16(13-5-2-6-14(10-13)19(26)27)11-17(25-20)23-9-8-12-4-3-7-15(21)18(12)22/h2-7,10-11H,8-9H2,1H3,(H,26,27)(H,23,24,25). The lowest BCUT2D eigenvalue weighted by Crippen LogP contribution is -2.08. The van der Waals surface area contributed by atoms with Gasteiger partial charge in [0.05, 0.1) is 28.4 Å². The number of carboxylic acids is 1. The summed E-state index contributed by atoms with van der Waals surface area (Å²) in [5.41, 5.74) is 2.32. The van der Waals surface area contributed by atoms with Gasteiger partial charge in [-0.15, -0.1) is 0 Å². The molecule has 0 saturated heterocycles. The minimum absolute atomic E-state index is 0.181. The summed E-state index contributed by atoms with van der Waals surface area (Å²) < 4.78 is 5.18. The van der Waals surface area contributed by atoms with E-state index in [0.717, 1.165) is 5.56 Å². The SMILES string of the molecule is COc1nc(NCCc2cccc(Cl)c2Cl)cc(-c2cccc(C(=O)O)c2)n1. The molecular weight excluding hydrogens is 401 g/mol. The fourth-order valence-electron chi connectivity index (χ4n) is 2.63. The van der Waals surface area contributed by atoms with E-state index in [4.69, 9.17) is 27.9 Å². The molecule has 6 nitrogen and oxygen atoms in total. The first kappa shape index (κ1) is 19.9. The summed E-state index contributed by atoms with van der Waals surface area (Å²) in [5.74, 6) is -0.444. The Morgan fingerprint density at radius 2 is 1.93 bits per heavy atom. The number of carbonyl (C=O) groups is 1. The lowest BCUT2D eigenvalue weighted by molar-refractivity contribution is 0.0697. The molecule has 0 radical (unpaired) electrons. The van der Waals surface area contributed by atoms with E-state index in [0.29, 0.717) is 40.1 Å². The van der Waals surface area contributed by atoms with Crippen molar-refractivity contribution in [2.24, 2.45) is 0 Å². The quantitative estimate of drug-likeness (QED) is 0.573. The zero-order valence-corrected chi connectivity index (χ0v) is 16.5. The Morgan fingerprint density at radius 3 is 2.68 bits per heavy atom. The molecule has 0 aliphatic rings. The summed E-state index contributed by atoms with van der Waals surface area (Å²) in [6.07, 6.45) is 0.648. The van der Waals surface area contributed by atoms with E-state index in [-0.39, 0.29) is 11.6 Å². The first-order valence-corrected chi connectivity index (χ1v) is 9.17. The molecule has 0 saturated carbocycles. The van der Waals surface area contributed by atoms with E-state index in [2.05, 4.69) is 15.3 Å². The number of anilines is 1. The Morgan fingerprint density at radius 1 is 1.14 bits per heavy atom. The van der Waals surface area contributed by atoms with Crippen LogP contribution in [0.15, 0.2) is 48.5 Å². The number of ether oxygens (including phenoxy) is 1. The summed E-state index contributed by atoms with van der Waals surface area (Å²) >= 11 is 12.3. The molecule has 28 heavy (non-hydrogen) atoms. The summed E-state index contributed by atoms with van der Waals surface area (Å²) in [7, 11) is 1.47. The van der Waals surface area contributed by atoms with E-state index in [1.54, 1.807) is 30.3 Å². The predicted octanol–water partition coefficient (Wildman–Crippen LogP) is 4.81. The Hall–Kier alpha value is -2.83. The largest absolute Gasteiger partial charge is 0.478 e. The molecule has 2 N–H and O–H groups in total. The number of carboxylic acid groups (broad SMARTS) is 1. The van der Waals surface area contributed by atoms with Gasteiger partial charge in [0.1, 0.15) is 5.82 Å². The Kier molecular flexibility index (Phi) is 6.34. The molecule has 0 unspecified atom stereocenters. The summed E-state index contributed by atoms with van der Waals surface area (Å²) in [4.78, 5) is 19.8. The molecule has 3 rings (SSSR count). The number of methoxy groups -OCH3 is 1. The van der Waals surface area contributed by atoms with Gasteiger partial charge in [0, 0.05) is 18.2 Å². The fraction of sp³-hybridized carbons (Fsp3) is 0.150. The Labute approximate surface area is 172 Å². The molecule has 3 aromatic rings. The number of rotatable bonds is 7. The second-order valence-corrected chi connectivity index (χ2v) is 6.69. The number of hydrogen-bond donors (Lipinski definition) is 2. The molecule has 2 aromatic carbocycles. The van der Waals surface area contributed by atoms with Crippen LogP contribution >= 0.6 is 23.2 Å². The van der Waals surface area contributed by atoms with Gasteiger partial charge in [0.15, 0.2) is 0 Å². The van der Waals surface area contributed by atoms with Crippen molar-refractivity contribution < 1.29 is 14.6 Å². The van der Waals surface area contributed by atoms with Gasteiger partial charge in [-0.2, -0.15) is 9.97 Å². The molecule has 0 spiro atoms. The number of benzene rings is 2. The van der Waals surface area contributed by atoms with Gasteiger partial charge in [-0.1, -0.05) is 47.5 Å². The van der Waals surface area contributed by atoms with Gasteiger partial charge < -0.3 is 15.2 Å². The predicted molar refractivity (Wildman–Crippen MR) is 110 cm³/mol. The third-order valence-corrected chi connectivity index (χ3v) is 4.88. The zero-order valence-electron chi connectivity index (χ0n) is 14.9. The summed E-state index contributed by atoms with van der Waals surface area (Å²) in [6, 6.07) is 14.0. The highest BCUT2D eigenvalue weighted by Crippen LogP contribution is 2.26. The maximum atomic E-state index is 11.2. The van der Waals surface area contributed by atoms with Crippen LogP contribution in [0.3, 0.4) is 0 Å². The minimum Gasteiger partial charge on any atom is -0.478 e. The van der Waals surface area contributed by atoms with E-state index < -0.39 is 5.97 Å². The van der Waals surface area contributed by atoms with E-state index in [1.165, 1.54) is 13.2 Å². The monoisotopic (exact) mass is 417 g/mol. The van der Waals surface area contributed by atoms with Gasteiger partial charge in [0.25, 0.3) is 0 Å². The van der Waals surface area contributed by atoms with E-state index in [1.807, 2.05) is 12.1 Å². The second kappa shape index (κ2) is 8.91. The minimum atomic E-state index is -1.00. The van der Waals surface area contributed by atoms with Crippen molar-refractivity contribution in [3.63, 3.8) is 0 Å². The van der Waals surface area contributed by atoms with Crippen molar-refractivity contribution >= 4 is 35.0 Å². The molecule has 0 bridgehead atoms. The van der Waals surface area contributed by atoms with Crippen LogP contribution < -0.4 is 10.1 Å². The average molecular weight is 418 g/mol. The number of nitrogens with one attached hydrogen (secondary N) is 1. The first-order chi connectivity index (χ1) is 13.5. The molecule has 0 amide bonds. The fourth-order valence-corrected chi connectivity index (χ4v) is 3.05. The van der Waals surface area contributed by atoms with E-state index in [9.17, 15) is 9.90 Å². The van der Waals surface area contributed by atoms with Crippen molar-refractivity contribution in [1.82, 2.24) is 9.97 Å². The number of aromatic carboxylic acids is 1. The van der Waals surface area contributed by atoms with Gasteiger partial charge in [-0.25, -0.2) is 4.79 Å². The molecule has 144 valence electrons. The van der Waals surface area contributed by atoms with Crippen molar-refractivity contribution in [3.8, 4) is 17.3 Å². The molecule has 1 heterocycles. The first-order valence-electron chi connectivity index (χ1n) is 8.41. The number of aromatic nitrogens is 2. The maximum absolute atomic E-state index is 11.2. The molecule has 0 atom stereocenters. The number of hydrogen-bond acceptors (Lipinski definition) is 5. The van der Waals surface area contributed by atoms with Crippen LogP contribution in [0, 0.1) is 0 Å². The summed E-state index contributed by atoms with van der Waals surface area (Å²) in [5, 5.41) is 13.5. The smallest absolute Gasteiger partial charge is 0.335 e. The van der Waals surface area contributed by atoms with Gasteiger partial charge >= 0.3 is 12.0 Å². The van der Waals surface area contributed by atoms with Gasteiger partial charge in [-0.3, -0.25) is 0 Å². The molecule has 8 heteroatoms. The van der Waals surface area contributed by atoms with Crippen LogP contribution in [0.4, 0.5) is 5.82 Å². The van der Waals surface area contributed by atoms with Crippen LogP contribution in [0.25, 0.3) is 11.3 Å². The zero-order chi connectivity index (χ0) is 20.1. The van der Waals surface area contributed by atoms with Crippen LogP contribution in [0.2, 0.25) is 10.0 Å². The van der Waals surface area contributed by atoms with E-state index >= 15 is 0 Å². The third-order valence-electron chi connectivity index (χ3n) is 4.03. The van der Waals surface area contributed by atoms with Crippen molar-refractivity contribution in [1.29, 1.82) is 0 Å². The van der Waals surface area contributed by atoms with Crippen LogP contribution in [0.1, 0.15) is 15.9 Å². The van der Waals surface area contributed by atoms with Crippen molar-refractivity contribution in [2.75, 3.05) is 19.0 Å². The molecule has 0 aliphatic heterocycles. The lowest BCUT2D eigenvalue weighted by Gasteiger charge is -2.11. The number of halogens is 2. The van der Waals surface area contributed by atoms with Gasteiger partial charge in [-0.05, 0) is 30.2 Å². The normalized spacial score (nSPS) is 10.5. The highest BCUT2D eigenvalue weighted by atomic mass is 35.5. The van der Waals surface area contributed by atoms with Crippen molar-refractivity contribution in [3.05, 3.63) is 69.7 Å². The van der Waals surface area contributed by atoms with Crippen LogP contribution in [-0.4, -0.2) is 34.7 Å². The Balaban J connectivity index is 1.80. The molecule has 0 aliphatic carbocycles. The third kappa shape index (κ3) is 4.71. The van der Waals surface area contributed by atoms with Crippen LogP contribution in [-0.2, 0) is 6.42 Å². The van der Waals surface area contributed by atoms with Crippen molar-refractivity contribution in [2.45, 2.75) is 6.42 Å². The number of nitrogens with zero attached hydrogens (tertiary/aromatic N) is 2. The molecular formula is C20H17Cl2N3O3. The highest BCUT2D eigenvalue weighted by Gasteiger charge is 2.10. The highest BCUT2D eigenvalue weighted by molar-refractivity contribution is 6.42. The summed E-state index contributed by atoms with van der Waals surface area (Å²) in [6.45, 7) is 0.564. The second-order valence-electron chi connectivity index (χ2n) is 5.90.